The van der Waals surface area contributed by atoms with Crippen LogP contribution in [0.25, 0.3) is 0 Å². The number of carbonyl (C=O) groups is 2. The van der Waals surface area contributed by atoms with Crippen molar-refractivity contribution in [1.29, 1.82) is 0 Å². The summed E-state index contributed by atoms with van der Waals surface area (Å²) in [6, 6.07) is 14.3. The van der Waals surface area contributed by atoms with E-state index in [0.29, 0.717) is 24.3 Å². The van der Waals surface area contributed by atoms with Gasteiger partial charge in [0.15, 0.2) is 12.4 Å². The van der Waals surface area contributed by atoms with Crippen molar-refractivity contribution in [3.63, 3.8) is 0 Å². The first kappa shape index (κ1) is 17.5. The quantitative estimate of drug-likeness (QED) is 0.757. The van der Waals surface area contributed by atoms with E-state index in [9.17, 15) is 9.59 Å². The summed E-state index contributed by atoms with van der Waals surface area (Å²) in [6.07, 6.45) is 0.466. The Kier molecular flexibility index (Phi) is 6.37. The average molecular weight is 327 g/mol. The third kappa shape index (κ3) is 5.12. The van der Waals surface area contributed by atoms with E-state index >= 15 is 0 Å². The monoisotopic (exact) mass is 327 g/mol. The molecule has 1 amide bonds. The lowest BCUT2D eigenvalue weighted by molar-refractivity contribution is -0.123. The molecule has 126 valence electrons. The molecule has 24 heavy (non-hydrogen) atoms. The fourth-order valence-electron chi connectivity index (χ4n) is 2.09. The van der Waals surface area contributed by atoms with Crippen LogP contribution in [0.2, 0.25) is 0 Å². The lowest BCUT2D eigenvalue weighted by Gasteiger charge is -2.08. The second-order valence-corrected chi connectivity index (χ2v) is 5.21. The van der Waals surface area contributed by atoms with E-state index in [1.807, 2.05) is 31.2 Å². The zero-order valence-electron chi connectivity index (χ0n) is 13.9. The summed E-state index contributed by atoms with van der Waals surface area (Å²) in [5, 5.41) is 2.79. The van der Waals surface area contributed by atoms with Crippen LogP contribution in [0.1, 0.15) is 29.3 Å². The summed E-state index contributed by atoms with van der Waals surface area (Å²) in [5.74, 6) is 1.21. The first-order valence-electron chi connectivity index (χ1n) is 7.78. The largest absolute Gasteiger partial charge is 0.497 e. The fraction of sp³-hybridized carbons (Fsp3) is 0.263. The van der Waals surface area contributed by atoms with E-state index in [-0.39, 0.29) is 18.3 Å². The maximum Gasteiger partial charge on any atom is 0.258 e. The van der Waals surface area contributed by atoms with E-state index in [1.54, 1.807) is 31.4 Å². The van der Waals surface area contributed by atoms with Crippen molar-refractivity contribution in [3.8, 4) is 11.5 Å². The first-order chi connectivity index (χ1) is 11.6. The topological polar surface area (TPSA) is 64.6 Å². The lowest BCUT2D eigenvalue weighted by atomic mass is 10.1. The first-order valence-corrected chi connectivity index (χ1v) is 7.78. The molecule has 2 aromatic rings. The van der Waals surface area contributed by atoms with Gasteiger partial charge in [-0.25, -0.2) is 0 Å². The van der Waals surface area contributed by atoms with E-state index < -0.39 is 0 Å². The van der Waals surface area contributed by atoms with Crippen LogP contribution in [0.5, 0.6) is 11.5 Å². The molecule has 5 heteroatoms. The fourth-order valence-corrected chi connectivity index (χ4v) is 2.09. The Labute approximate surface area is 141 Å². The van der Waals surface area contributed by atoms with Gasteiger partial charge in [0.1, 0.15) is 11.5 Å². The van der Waals surface area contributed by atoms with E-state index in [0.717, 1.165) is 11.3 Å². The summed E-state index contributed by atoms with van der Waals surface area (Å²) in [5.41, 5.74) is 1.63. The van der Waals surface area contributed by atoms with Crippen LogP contribution < -0.4 is 14.8 Å². The third-order valence-corrected chi connectivity index (χ3v) is 3.52. The zero-order valence-corrected chi connectivity index (χ0v) is 13.9. The molecule has 0 aliphatic rings. The molecular formula is C19H21NO4. The Hall–Kier alpha value is -2.82. The van der Waals surface area contributed by atoms with Crippen LogP contribution in [-0.4, -0.2) is 25.4 Å². The molecule has 0 unspecified atom stereocenters. The van der Waals surface area contributed by atoms with Crippen molar-refractivity contribution in [2.45, 2.75) is 19.9 Å². The standard InChI is InChI=1S/C19H21NO4/c1-3-18(21)15-6-10-17(11-7-15)24-13-19(22)20-12-14-4-8-16(23-2)9-5-14/h4-11H,3,12-13H2,1-2H3,(H,20,22). The second kappa shape index (κ2) is 8.72. The smallest absolute Gasteiger partial charge is 0.258 e. The molecule has 0 atom stereocenters. The Morgan fingerprint density at radius 3 is 2.17 bits per heavy atom. The minimum absolute atomic E-state index is 0.0722. The van der Waals surface area contributed by atoms with Crippen molar-refractivity contribution in [1.82, 2.24) is 5.32 Å². The van der Waals surface area contributed by atoms with E-state index in [1.165, 1.54) is 0 Å². The van der Waals surface area contributed by atoms with Crippen molar-refractivity contribution in [3.05, 3.63) is 59.7 Å². The van der Waals surface area contributed by atoms with Gasteiger partial charge in [0.25, 0.3) is 5.91 Å². The van der Waals surface area contributed by atoms with Crippen LogP contribution in [-0.2, 0) is 11.3 Å². The van der Waals surface area contributed by atoms with Gasteiger partial charge in [-0.05, 0) is 42.0 Å². The third-order valence-electron chi connectivity index (χ3n) is 3.52. The number of carbonyl (C=O) groups excluding carboxylic acids is 2. The minimum Gasteiger partial charge on any atom is -0.497 e. The number of hydrogen-bond donors (Lipinski definition) is 1. The van der Waals surface area contributed by atoms with Gasteiger partial charge >= 0.3 is 0 Å². The summed E-state index contributed by atoms with van der Waals surface area (Å²) >= 11 is 0. The Bertz CT molecular complexity index is 678. The second-order valence-electron chi connectivity index (χ2n) is 5.21. The van der Waals surface area contributed by atoms with Gasteiger partial charge in [-0.15, -0.1) is 0 Å². The number of rotatable bonds is 8. The molecule has 0 saturated carbocycles. The predicted octanol–water partition coefficient (Wildman–Crippen LogP) is 2.98. The normalized spacial score (nSPS) is 10.1. The zero-order chi connectivity index (χ0) is 17.4. The van der Waals surface area contributed by atoms with Crippen molar-refractivity contribution >= 4 is 11.7 Å². The van der Waals surface area contributed by atoms with Crippen LogP contribution >= 0.6 is 0 Å². The van der Waals surface area contributed by atoms with Crippen LogP contribution in [0.15, 0.2) is 48.5 Å². The summed E-state index contributed by atoms with van der Waals surface area (Å²) in [4.78, 5) is 23.4. The number of hydrogen-bond acceptors (Lipinski definition) is 4. The van der Waals surface area contributed by atoms with Crippen molar-refractivity contribution in [2.24, 2.45) is 0 Å². The highest BCUT2D eigenvalue weighted by Gasteiger charge is 2.05. The molecular weight excluding hydrogens is 306 g/mol. The number of ketones is 1. The van der Waals surface area contributed by atoms with Crippen LogP contribution in [0.3, 0.4) is 0 Å². The molecule has 0 spiro atoms. The van der Waals surface area contributed by atoms with Gasteiger partial charge in [-0.2, -0.15) is 0 Å². The van der Waals surface area contributed by atoms with Crippen molar-refractivity contribution < 1.29 is 19.1 Å². The molecule has 1 N–H and O–H groups in total. The van der Waals surface area contributed by atoms with Gasteiger partial charge in [0, 0.05) is 18.5 Å². The van der Waals surface area contributed by atoms with Crippen LogP contribution in [0, 0.1) is 0 Å². The Balaban J connectivity index is 1.77. The lowest BCUT2D eigenvalue weighted by Crippen LogP contribution is -2.28. The average Bonchev–Trinajstić information content (AvgIpc) is 2.64. The molecule has 0 heterocycles. The molecule has 0 aliphatic carbocycles. The molecule has 0 saturated heterocycles. The van der Waals surface area contributed by atoms with Gasteiger partial charge in [0.2, 0.25) is 0 Å². The highest BCUT2D eigenvalue weighted by Crippen LogP contribution is 2.13. The highest BCUT2D eigenvalue weighted by molar-refractivity contribution is 5.95. The van der Waals surface area contributed by atoms with E-state index in [2.05, 4.69) is 5.32 Å². The maximum absolute atomic E-state index is 11.8. The summed E-state index contributed by atoms with van der Waals surface area (Å²) < 4.78 is 10.5. The van der Waals surface area contributed by atoms with Gasteiger partial charge < -0.3 is 14.8 Å². The molecule has 5 nitrogen and oxygen atoms in total. The number of amides is 1. The molecule has 2 rings (SSSR count). The molecule has 0 fully saturated rings. The Morgan fingerprint density at radius 1 is 0.958 bits per heavy atom. The molecule has 0 aliphatic heterocycles. The van der Waals surface area contributed by atoms with Crippen molar-refractivity contribution in [2.75, 3.05) is 13.7 Å². The molecule has 0 aromatic heterocycles. The molecule has 2 aromatic carbocycles. The number of Topliss-reactive ketones (excluding diaryl/α,β-unsaturated/α-hetero) is 1. The van der Waals surface area contributed by atoms with Gasteiger partial charge in [0.05, 0.1) is 7.11 Å². The SMILES string of the molecule is CCC(=O)c1ccc(OCC(=O)NCc2ccc(OC)cc2)cc1. The van der Waals surface area contributed by atoms with E-state index in [4.69, 9.17) is 9.47 Å². The van der Waals surface area contributed by atoms with Crippen LogP contribution in [0.4, 0.5) is 0 Å². The maximum atomic E-state index is 11.8. The number of ether oxygens (including phenoxy) is 2. The molecule has 0 radical (unpaired) electrons. The predicted molar refractivity (Wildman–Crippen MR) is 91.4 cm³/mol. The highest BCUT2D eigenvalue weighted by atomic mass is 16.5. The number of nitrogens with one attached hydrogen (secondary N) is 1. The minimum atomic E-state index is -0.209. The number of methoxy groups -OCH3 is 1. The van der Waals surface area contributed by atoms with Gasteiger partial charge in [-0.3, -0.25) is 9.59 Å². The summed E-state index contributed by atoms with van der Waals surface area (Å²) in [6.45, 7) is 2.17. The summed E-state index contributed by atoms with van der Waals surface area (Å²) in [7, 11) is 1.61. The van der Waals surface area contributed by atoms with Gasteiger partial charge in [-0.1, -0.05) is 19.1 Å². The number of benzene rings is 2. The Morgan fingerprint density at radius 2 is 1.58 bits per heavy atom. The molecule has 0 bridgehead atoms.